The molecule has 0 amide bonds. The van der Waals surface area contributed by atoms with Crippen molar-refractivity contribution in [1.82, 2.24) is 15.5 Å². The van der Waals surface area contributed by atoms with E-state index in [1.807, 2.05) is 6.92 Å². The molecule has 1 aromatic heterocycles. The molecule has 0 fully saturated rings. The summed E-state index contributed by atoms with van der Waals surface area (Å²) in [6.07, 6.45) is 1.73. The summed E-state index contributed by atoms with van der Waals surface area (Å²) in [5.41, 5.74) is 0. The van der Waals surface area contributed by atoms with Gasteiger partial charge in [0.1, 0.15) is 9.84 Å². The third-order valence-electron chi connectivity index (χ3n) is 1.96. The van der Waals surface area contributed by atoms with Crippen LogP contribution in [-0.2, 0) is 16.4 Å². The predicted molar refractivity (Wildman–Crippen MR) is 64.5 cm³/mol. The Labute approximate surface area is 101 Å². The monoisotopic (exact) mass is 262 g/mol. The Bertz CT molecular complexity index is 429. The number of rotatable bonds is 8. The summed E-state index contributed by atoms with van der Waals surface area (Å²) in [5, 5.41) is 13.6. The maximum absolute atomic E-state index is 10.9. The molecule has 0 spiro atoms. The summed E-state index contributed by atoms with van der Waals surface area (Å²) < 4.78 is 27.0. The molecule has 7 nitrogen and oxygen atoms in total. The summed E-state index contributed by atoms with van der Waals surface area (Å²) in [5.74, 6) is 0.663. The smallest absolute Gasteiger partial charge is 0.315 e. The van der Waals surface area contributed by atoms with Crippen molar-refractivity contribution in [2.75, 3.05) is 30.4 Å². The second-order valence-corrected chi connectivity index (χ2v) is 5.95. The zero-order valence-electron chi connectivity index (χ0n) is 10.1. The lowest BCUT2D eigenvalue weighted by Crippen LogP contribution is -2.11. The van der Waals surface area contributed by atoms with Gasteiger partial charge in [0, 0.05) is 12.8 Å². The number of aromatic nitrogens is 2. The summed E-state index contributed by atoms with van der Waals surface area (Å²) in [6.45, 7) is 3.85. The number of sulfone groups is 1. The maximum Gasteiger partial charge on any atom is 0.315 e. The van der Waals surface area contributed by atoms with Gasteiger partial charge in [-0.25, -0.2) is 8.42 Å². The van der Waals surface area contributed by atoms with Gasteiger partial charge in [-0.1, -0.05) is 12.0 Å². The first-order chi connectivity index (χ1) is 8.01. The van der Waals surface area contributed by atoms with E-state index in [9.17, 15) is 8.42 Å². The van der Waals surface area contributed by atoms with E-state index in [4.69, 9.17) is 4.42 Å². The molecule has 0 saturated carbocycles. The lowest BCUT2D eigenvalue weighted by Gasteiger charge is -2.00. The molecule has 0 bridgehead atoms. The molecular weight excluding hydrogens is 244 g/mol. The third-order valence-corrected chi connectivity index (χ3v) is 2.99. The van der Waals surface area contributed by atoms with E-state index in [1.165, 1.54) is 6.26 Å². The molecule has 0 radical (unpaired) electrons. The molecule has 0 saturated heterocycles. The molecule has 0 unspecified atom stereocenters. The number of nitrogens with zero attached hydrogens (tertiary/aromatic N) is 2. The lowest BCUT2D eigenvalue weighted by atomic mass is 10.5. The first-order valence-electron chi connectivity index (χ1n) is 5.46. The highest BCUT2D eigenvalue weighted by atomic mass is 32.2. The minimum Gasteiger partial charge on any atom is -0.407 e. The van der Waals surface area contributed by atoms with Gasteiger partial charge in [-0.15, -0.1) is 5.10 Å². The first-order valence-corrected chi connectivity index (χ1v) is 7.52. The molecule has 0 aliphatic rings. The van der Waals surface area contributed by atoms with Crippen molar-refractivity contribution in [3.8, 4) is 0 Å². The van der Waals surface area contributed by atoms with E-state index in [0.717, 1.165) is 6.54 Å². The highest BCUT2D eigenvalue weighted by Crippen LogP contribution is 2.04. The highest BCUT2D eigenvalue weighted by molar-refractivity contribution is 7.90. The Balaban J connectivity index is 2.25. The van der Waals surface area contributed by atoms with Gasteiger partial charge in [0.15, 0.2) is 0 Å². The first kappa shape index (κ1) is 13.9. The molecule has 98 valence electrons. The van der Waals surface area contributed by atoms with Gasteiger partial charge in [-0.2, -0.15) is 0 Å². The van der Waals surface area contributed by atoms with Crippen LogP contribution in [-0.4, -0.2) is 43.7 Å². The Morgan fingerprint density at radius 2 is 2.12 bits per heavy atom. The van der Waals surface area contributed by atoms with Crippen LogP contribution in [0.2, 0.25) is 0 Å². The molecular formula is C9H18N4O3S. The minimum absolute atomic E-state index is 0.151. The Morgan fingerprint density at radius 1 is 1.35 bits per heavy atom. The molecule has 0 atom stereocenters. The van der Waals surface area contributed by atoms with Crippen LogP contribution >= 0.6 is 0 Å². The van der Waals surface area contributed by atoms with Crippen LogP contribution < -0.4 is 10.6 Å². The Hall–Kier alpha value is -1.15. The van der Waals surface area contributed by atoms with Crippen molar-refractivity contribution < 1.29 is 12.8 Å². The number of nitrogens with one attached hydrogen (secondary N) is 2. The van der Waals surface area contributed by atoms with Crippen LogP contribution in [0.3, 0.4) is 0 Å². The molecule has 1 heterocycles. The number of hydrogen-bond acceptors (Lipinski definition) is 7. The van der Waals surface area contributed by atoms with Crippen molar-refractivity contribution in [2.45, 2.75) is 19.9 Å². The van der Waals surface area contributed by atoms with Crippen LogP contribution in [0.1, 0.15) is 19.2 Å². The van der Waals surface area contributed by atoms with Crippen LogP contribution in [0, 0.1) is 0 Å². The predicted octanol–water partition coefficient (Wildman–Crippen LogP) is 0.0257. The third kappa shape index (κ3) is 6.22. The highest BCUT2D eigenvalue weighted by Gasteiger charge is 2.05. The van der Waals surface area contributed by atoms with Crippen molar-refractivity contribution in [1.29, 1.82) is 0 Å². The fourth-order valence-corrected chi connectivity index (χ4v) is 1.83. The summed E-state index contributed by atoms with van der Waals surface area (Å²) in [7, 11) is -2.90. The van der Waals surface area contributed by atoms with Gasteiger partial charge in [-0.05, 0) is 13.0 Å². The van der Waals surface area contributed by atoms with Crippen molar-refractivity contribution in [3.63, 3.8) is 0 Å². The largest absolute Gasteiger partial charge is 0.407 e. The van der Waals surface area contributed by atoms with Crippen molar-refractivity contribution in [3.05, 3.63) is 5.89 Å². The number of anilines is 1. The van der Waals surface area contributed by atoms with E-state index in [0.29, 0.717) is 31.4 Å². The van der Waals surface area contributed by atoms with Gasteiger partial charge < -0.3 is 15.1 Å². The number of hydrogen-bond donors (Lipinski definition) is 2. The SMILES string of the molecule is CCNCc1nnc(NCCCS(C)(=O)=O)o1. The quantitative estimate of drug-likeness (QED) is 0.638. The second kappa shape index (κ2) is 6.55. The van der Waals surface area contributed by atoms with Crippen LogP contribution in [0.15, 0.2) is 4.42 Å². The summed E-state index contributed by atoms with van der Waals surface area (Å²) in [4.78, 5) is 0. The van der Waals surface area contributed by atoms with Crippen LogP contribution in [0.25, 0.3) is 0 Å². The van der Waals surface area contributed by atoms with E-state index in [2.05, 4.69) is 20.8 Å². The van der Waals surface area contributed by atoms with Gasteiger partial charge in [0.25, 0.3) is 0 Å². The molecule has 1 rings (SSSR count). The molecule has 0 aliphatic carbocycles. The molecule has 0 aromatic carbocycles. The van der Waals surface area contributed by atoms with Crippen molar-refractivity contribution in [2.24, 2.45) is 0 Å². The normalized spacial score (nSPS) is 11.6. The van der Waals surface area contributed by atoms with Crippen LogP contribution in [0.4, 0.5) is 6.01 Å². The molecule has 8 heteroatoms. The molecule has 0 aliphatic heterocycles. The van der Waals surface area contributed by atoms with E-state index >= 15 is 0 Å². The second-order valence-electron chi connectivity index (χ2n) is 3.69. The molecule has 17 heavy (non-hydrogen) atoms. The van der Waals surface area contributed by atoms with Crippen molar-refractivity contribution >= 4 is 15.9 Å². The van der Waals surface area contributed by atoms with Gasteiger partial charge in [0.2, 0.25) is 5.89 Å². The molecule has 2 N–H and O–H groups in total. The summed E-state index contributed by atoms with van der Waals surface area (Å²) in [6, 6.07) is 0.325. The molecule has 1 aromatic rings. The topological polar surface area (TPSA) is 97.1 Å². The Morgan fingerprint density at radius 3 is 2.76 bits per heavy atom. The average molecular weight is 262 g/mol. The lowest BCUT2D eigenvalue weighted by molar-refractivity contribution is 0.481. The maximum atomic E-state index is 10.9. The summed E-state index contributed by atoms with van der Waals surface area (Å²) >= 11 is 0. The van der Waals surface area contributed by atoms with Gasteiger partial charge in [0.05, 0.1) is 12.3 Å². The zero-order valence-corrected chi connectivity index (χ0v) is 10.9. The van der Waals surface area contributed by atoms with E-state index in [-0.39, 0.29) is 5.75 Å². The fraction of sp³-hybridized carbons (Fsp3) is 0.778. The minimum atomic E-state index is -2.90. The zero-order chi connectivity index (χ0) is 12.7. The average Bonchev–Trinajstić information content (AvgIpc) is 2.68. The standard InChI is InChI=1S/C9H18N4O3S/c1-3-10-7-8-12-13-9(16-8)11-5-4-6-17(2,14)15/h10H,3-7H2,1-2H3,(H,11,13). The van der Waals surface area contributed by atoms with Gasteiger partial charge in [-0.3, -0.25) is 0 Å². The Kier molecular flexibility index (Phi) is 5.36. The van der Waals surface area contributed by atoms with Gasteiger partial charge >= 0.3 is 6.01 Å². The van der Waals surface area contributed by atoms with E-state index < -0.39 is 9.84 Å². The fourth-order valence-electron chi connectivity index (χ4n) is 1.16. The van der Waals surface area contributed by atoms with Crippen LogP contribution in [0.5, 0.6) is 0 Å². The van der Waals surface area contributed by atoms with E-state index in [1.54, 1.807) is 0 Å².